The van der Waals surface area contributed by atoms with Gasteiger partial charge in [-0.2, -0.15) is 18.3 Å². The van der Waals surface area contributed by atoms with Gasteiger partial charge in [-0.05, 0) is 12.1 Å². The van der Waals surface area contributed by atoms with Crippen molar-refractivity contribution in [3.8, 4) is 5.82 Å². The minimum atomic E-state index is -4.54. The SMILES string of the molecule is Nc1ccc(C(=O)O)nc1-n1cc(C(F)(F)F)cn1. The number of nitrogen functional groups attached to an aromatic ring is 1. The summed E-state index contributed by atoms with van der Waals surface area (Å²) in [5.41, 5.74) is 4.24. The molecule has 100 valence electrons. The van der Waals surface area contributed by atoms with Crippen LogP contribution in [0.25, 0.3) is 5.82 Å². The van der Waals surface area contributed by atoms with Gasteiger partial charge in [0.2, 0.25) is 0 Å². The van der Waals surface area contributed by atoms with E-state index in [1.54, 1.807) is 0 Å². The van der Waals surface area contributed by atoms with Crippen molar-refractivity contribution >= 4 is 11.7 Å². The lowest BCUT2D eigenvalue weighted by atomic mass is 10.3. The summed E-state index contributed by atoms with van der Waals surface area (Å²) in [6.45, 7) is 0. The molecule has 0 saturated heterocycles. The first-order valence-electron chi connectivity index (χ1n) is 4.91. The Balaban J connectivity index is 2.49. The smallest absolute Gasteiger partial charge is 0.419 e. The molecule has 2 rings (SSSR count). The molecule has 0 aliphatic carbocycles. The summed E-state index contributed by atoms with van der Waals surface area (Å²) in [4.78, 5) is 14.4. The van der Waals surface area contributed by atoms with Crippen LogP contribution in [0, 0.1) is 0 Å². The topological polar surface area (TPSA) is 94.0 Å². The largest absolute Gasteiger partial charge is 0.477 e. The number of nitrogens with zero attached hydrogens (tertiary/aromatic N) is 3. The molecule has 0 saturated carbocycles. The van der Waals surface area contributed by atoms with E-state index in [-0.39, 0.29) is 17.2 Å². The molecule has 0 aliphatic heterocycles. The number of rotatable bonds is 2. The molecule has 2 aromatic heterocycles. The maximum Gasteiger partial charge on any atom is 0.419 e. The third-order valence-electron chi connectivity index (χ3n) is 2.25. The fourth-order valence-electron chi connectivity index (χ4n) is 1.35. The van der Waals surface area contributed by atoms with Crippen molar-refractivity contribution in [2.75, 3.05) is 5.73 Å². The Morgan fingerprint density at radius 1 is 1.37 bits per heavy atom. The van der Waals surface area contributed by atoms with Crippen LogP contribution in [0.4, 0.5) is 18.9 Å². The number of carboxylic acids is 1. The van der Waals surface area contributed by atoms with Gasteiger partial charge in [-0.25, -0.2) is 14.5 Å². The number of nitrogens with two attached hydrogens (primary N) is 1. The molecule has 19 heavy (non-hydrogen) atoms. The molecule has 0 radical (unpaired) electrons. The quantitative estimate of drug-likeness (QED) is 0.865. The Morgan fingerprint density at radius 2 is 2.05 bits per heavy atom. The summed E-state index contributed by atoms with van der Waals surface area (Å²) in [7, 11) is 0. The Hall–Kier alpha value is -2.58. The second-order valence-electron chi connectivity index (χ2n) is 3.59. The monoisotopic (exact) mass is 272 g/mol. The van der Waals surface area contributed by atoms with E-state index in [0.29, 0.717) is 12.4 Å². The van der Waals surface area contributed by atoms with Crippen LogP contribution < -0.4 is 5.73 Å². The minimum absolute atomic E-state index is 0.0156. The highest BCUT2D eigenvalue weighted by Crippen LogP contribution is 2.29. The van der Waals surface area contributed by atoms with E-state index in [0.717, 1.165) is 10.7 Å². The van der Waals surface area contributed by atoms with Gasteiger partial charge in [-0.15, -0.1) is 0 Å². The lowest BCUT2D eigenvalue weighted by molar-refractivity contribution is -0.137. The molecule has 0 fully saturated rings. The van der Waals surface area contributed by atoms with E-state index >= 15 is 0 Å². The number of carbonyl (C=O) groups is 1. The molecule has 0 amide bonds. The molecular weight excluding hydrogens is 265 g/mol. The van der Waals surface area contributed by atoms with Crippen molar-refractivity contribution in [1.29, 1.82) is 0 Å². The van der Waals surface area contributed by atoms with Crippen LogP contribution in [0.1, 0.15) is 16.1 Å². The summed E-state index contributed by atoms with van der Waals surface area (Å²) in [6, 6.07) is 2.38. The Bertz CT molecular complexity index is 636. The molecule has 2 heterocycles. The molecule has 0 aliphatic rings. The maximum absolute atomic E-state index is 12.4. The van der Waals surface area contributed by atoms with E-state index in [1.165, 1.54) is 6.07 Å². The van der Waals surface area contributed by atoms with E-state index in [4.69, 9.17) is 10.8 Å². The number of anilines is 1. The Kier molecular flexibility index (Phi) is 2.89. The second-order valence-corrected chi connectivity index (χ2v) is 3.59. The van der Waals surface area contributed by atoms with E-state index in [2.05, 4.69) is 10.1 Å². The highest BCUT2D eigenvalue weighted by molar-refractivity contribution is 5.86. The lowest BCUT2D eigenvalue weighted by Crippen LogP contribution is -2.09. The molecule has 0 atom stereocenters. The Morgan fingerprint density at radius 3 is 2.58 bits per heavy atom. The van der Waals surface area contributed by atoms with Crippen LogP contribution in [0.3, 0.4) is 0 Å². The van der Waals surface area contributed by atoms with Crippen molar-refractivity contribution in [2.24, 2.45) is 0 Å². The first-order valence-corrected chi connectivity index (χ1v) is 4.91. The van der Waals surface area contributed by atoms with Crippen molar-refractivity contribution in [3.63, 3.8) is 0 Å². The van der Waals surface area contributed by atoms with Crippen molar-refractivity contribution in [1.82, 2.24) is 14.8 Å². The average Bonchev–Trinajstić information content (AvgIpc) is 2.78. The first-order chi connectivity index (χ1) is 8.79. The van der Waals surface area contributed by atoms with Gasteiger partial charge in [-0.1, -0.05) is 0 Å². The zero-order chi connectivity index (χ0) is 14.2. The van der Waals surface area contributed by atoms with Gasteiger partial charge in [0.05, 0.1) is 17.4 Å². The molecule has 3 N–H and O–H groups in total. The van der Waals surface area contributed by atoms with Gasteiger partial charge in [0.25, 0.3) is 0 Å². The van der Waals surface area contributed by atoms with Crippen molar-refractivity contribution in [2.45, 2.75) is 6.18 Å². The molecule has 0 unspecified atom stereocenters. The van der Waals surface area contributed by atoms with Crippen LogP contribution in [-0.2, 0) is 6.18 Å². The molecule has 9 heteroatoms. The number of alkyl halides is 3. The predicted molar refractivity (Wildman–Crippen MR) is 57.7 cm³/mol. The maximum atomic E-state index is 12.4. The van der Waals surface area contributed by atoms with Gasteiger partial charge >= 0.3 is 12.1 Å². The molecule has 0 bridgehead atoms. The number of halogens is 3. The van der Waals surface area contributed by atoms with Crippen molar-refractivity contribution in [3.05, 3.63) is 35.8 Å². The fourth-order valence-corrected chi connectivity index (χ4v) is 1.35. The minimum Gasteiger partial charge on any atom is -0.477 e. The molecule has 0 spiro atoms. The third kappa shape index (κ3) is 2.49. The van der Waals surface area contributed by atoms with Gasteiger partial charge in [-0.3, -0.25) is 0 Å². The highest BCUT2D eigenvalue weighted by atomic mass is 19.4. The van der Waals surface area contributed by atoms with E-state index in [9.17, 15) is 18.0 Å². The predicted octanol–water partition coefficient (Wildman–Crippen LogP) is 1.57. The molecular formula is C10H7F3N4O2. The number of hydrogen-bond donors (Lipinski definition) is 2. The summed E-state index contributed by atoms with van der Waals surface area (Å²) in [6.07, 6.45) is -3.25. The van der Waals surface area contributed by atoms with Crippen LogP contribution >= 0.6 is 0 Å². The summed E-state index contributed by atoms with van der Waals surface area (Å²) >= 11 is 0. The van der Waals surface area contributed by atoms with Gasteiger partial charge < -0.3 is 10.8 Å². The molecule has 2 aromatic rings. The first kappa shape index (κ1) is 12.9. The normalized spacial score (nSPS) is 11.5. The average molecular weight is 272 g/mol. The number of hydrogen-bond acceptors (Lipinski definition) is 4. The standard InChI is InChI=1S/C10H7F3N4O2/c11-10(12,13)5-3-15-17(4-5)8-6(14)1-2-7(16-8)9(18)19/h1-4H,14H2,(H,18,19). The van der Waals surface area contributed by atoms with Gasteiger partial charge in [0.1, 0.15) is 0 Å². The Labute approximate surface area is 104 Å². The summed E-state index contributed by atoms with van der Waals surface area (Å²) in [5.74, 6) is -1.49. The molecule has 6 nitrogen and oxygen atoms in total. The third-order valence-corrected chi connectivity index (χ3v) is 2.25. The lowest BCUT2D eigenvalue weighted by Gasteiger charge is -2.05. The van der Waals surface area contributed by atoms with E-state index < -0.39 is 17.7 Å². The molecule has 0 aromatic carbocycles. The number of aromatic nitrogens is 3. The van der Waals surface area contributed by atoms with Crippen LogP contribution in [0.15, 0.2) is 24.5 Å². The zero-order valence-corrected chi connectivity index (χ0v) is 9.22. The number of aromatic carboxylic acids is 1. The number of carboxylic acid groups (broad SMARTS) is 1. The van der Waals surface area contributed by atoms with Crippen LogP contribution in [0.5, 0.6) is 0 Å². The number of pyridine rings is 1. The fraction of sp³-hybridized carbons (Fsp3) is 0.100. The van der Waals surface area contributed by atoms with Gasteiger partial charge in [0.15, 0.2) is 11.5 Å². The second kappa shape index (κ2) is 4.26. The van der Waals surface area contributed by atoms with Crippen LogP contribution in [-0.4, -0.2) is 25.8 Å². The van der Waals surface area contributed by atoms with Gasteiger partial charge in [0, 0.05) is 6.20 Å². The summed E-state index contributed by atoms with van der Waals surface area (Å²) in [5, 5.41) is 12.2. The zero-order valence-electron chi connectivity index (χ0n) is 9.22. The highest BCUT2D eigenvalue weighted by Gasteiger charge is 2.32. The summed E-state index contributed by atoms with van der Waals surface area (Å²) < 4.78 is 38.1. The van der Waals surface area contributed by atoms with E-state index in [1.807, 2.05) is 0 Å². The van der Waals surface area contributed by atoms with Crippen molar-refractivity contribution < 1.29 is 23.1 Å². The van der Waals surface area contributed by atoms with Crippen LogP contribution in [0.2, 0.25) is 0 Å².